The maximum Gasteiger partial charge on any atom is 0.239 e. The van der Waals surface area contributed by atoms with Gasteiger partial charge in [0.2, 0.25) is 11.8 Å². The van der Waals surface area contributed by atoms with Crippen molar-refractivity contribution in [1.29, 1.82) is 0 Å². The zero-order valence-corrected chi connectivity index (χ0v) is 17.6. The minimum atomic E-state index is -0.468. The first kappa shape index (κ1) is 19.4. The molecule has 1 unspecified atom stereocenters. The van der Waals surface area contributed by atoms with Gasteiger partial charge in [-0.3, -0.25) is 14.5 Å². The van der Waals surface area contributed by atoms with Gasteiger partial charge in [-0.1, -0.05) is 23.7 Å². The number of carbonyl (C=O) groups excluding carboxylic acids is 2. The van der Waals surface area contributed by atoms with Crippen molar-refractivity contribution in [2.45, 2.75) is 44.6 Å². The van der Waals surface area contributed by atoms with Gasteiger partial charge >= 0.3 is 0 Å². The molecular weight excluding hydrogens is 386 g/mol. The lowest BCUT2D eigenvalue weighted by Crippen LogP contribution is -2.58. The predicted octanol–water partition coefficient (Wildman–Crippen LogP) is 3.23. The molecular formula is C23H30ClN3O2. The van der Waals surface area contributed by atoms with Crippen molar-refractivity contribution < 1.29 is 9.59 Å². The Hall–Kier alpha value is -1.59. The number of hydrogen-bond acceptors (Lipinski definition) is 3. The largest absolute Gasteiger partial charge is 0.368 e. The summed E-state index contributed by atoms with van der Waals surface area (Å²) >= 11 is 5.99. The van der Waals surface area contributed by atoms with Gasteiger partial charge in [0.1, 0.15) is 6.04 Å². The van der Waals surface area contributed by atoms with E-state index in [-0.39, 0.29) is 11.3 Å². The maximum atomic E-state index is 13.6. The Bertz CT molecular complexity index is 766. The number of rotatable bonds is 4. The molecule has 1 aromatic rings. The van der Waals surface area contributed by atoms with Crippen LogP contribution in [-0.4, -0.2) is 47.8 Å². The van der Waals surface area contributed by atoms with Crippen LogP contribution in [0.2, 0.25) is 5.02 Å². The molecule has 1 heterocycles. The van der Waals surface area contributed by atoms with E-state index in [0.29, 0.717) is 37.1 Å². The molecule has 1 atom stereocenters. The van der Waals surface area contributed by atoms with E-state index in [2.05, 4.69) is 9.80 Å². The van der Waals surface area contributed by atoms with Crippen molar-refractivity contribution in [1.82, 2.24) is 9.80 Å². The number of halogens is 1. The summed E-state index contributed by atoms with van der Waals surface area (Å²) < 4.78 is 0. The Kier molecular flexibility index (Phi) is 4.86. The molecule has 1 aromatic carbocycles. The number of nitrogens with two attached hydrogens (primary N) is 1. The number of primary amides is 1. The van der Waals surface area contributed by atoms with Crippen LogP contribution in [0.5, 0.6) is 0 Å². The van der Waals surface area contributed by atoms with Crippen LogP contribution < -0.4 is 5.73 Å². The van der Waals surface area contributed by atoms with Crippen molar-refractivity contribution in [3.05, 3.63) is 34.9 Å². The van der Waals surface area contributed by atoms with Gasteiger partial charge in [-0.05, 0) is 74.0 Å². The Balaban J connectivity index is 1.27. The van der Waals surface area contributed by atoms with Crippen LogP contribution in [0.15, 0.2) is 24.3 Å². The summed E-state index contributed by atoms with van der Waals surface area (Å²) in [4.78, 5) is 29.9. The zero-order chi connectivity index (χ0) is 20.2. The first-order valence-electron chi connectivity index (χ1n) is 11.0. The number of hydrogen-bond donors (Lipinski definition) is 1. The molecule has 2 amide bonds. The third-order valence-corrected chi connectivity index (χ3v) is 8.17. The molecule has 0 aromatic heterocycles. The molecule has 6 heteroatoms. The number of nitrogens with zero attached hydrogens (tertiary/aromatic N) is 2. The third kappa shape index (κ3) is 3.46. The van der Waals surface area contributed by atoms with E-state index in [1.807, 2.05) is 12.1 Å². The molecule has 5 fully saturated rings. The minimum Gasteiger partial charge on any atom is -0.368 e. The maximum absolute atomic E-state index is 13.6. The molecule has 4 bridgehead atoms. The molecule has 4 saturated carbocycles. The van der Waals surface area contributed by atoms with Crippen LogP contribution in [0.25, 0.3) is 0 Å². The summed E-state index contributed by atoms with van der Waals surface area (Å²) in [5.74, 6) is 2.36. The average Bonchev–Trinajstić information content (AvgIpc) is 2.68. The quantitative estimate of drug-likeness (QED) is 0.820. The van der Waals surface area contributed by atoms with Gasteiger partial charge < -0.3 is 10.6 Å². The summed E-state index contributed by atoms with van der Waals surface area (Å²) in [5, 5.41) is 0.642. The van der Waals surface area contributed by atoms with Crippen LogP contribution in [0.4, 0.5) is 0 Å². The molecule has 2 N–H and O–H groups in total. The Labute approximate surface area is 177 Å². The molecule has 29 heavy (non-hydrogen) atoms. The van der Waals surface area contributed by atoms with Gasteiger partial charge in [-0.15, -0.1) is 0 Å². The van der Waals surface area contributed by atoms with Crippen LogP contribution in [0.3, 0.4) is 0 Å². The van der Waals surface area contributed by atoms with Gasteiger partial charge in [0.05, 0.1) is 5.41 Å². The highest BCUT2D eigenvalue weighted by Crippen LogP contribution is 2.60. The van der Waals surface area contributed by atoms with Crippen LogP contribution in [0.1, 0.15) is 50.1 Å². The van der Waals surface area contributed by atoms with E-state index in [4.69, 9.17) is 17.3 Å². The lowest BCUT2D eigenvalue weighted by molar-refractivity contribution is -0.159. The van der Waals surface area contributed by atoms with E-state index in [0.717, 1.165) is 42.6 Å². The minimum absolute atomic E-state index is 0.0871. The number of piperazine rings is 1. The smallest absolute Gasteiger partial charge is 0.239 e. The molecule has 156 valence electrons. The van der Waals surface area contributed by atoms with E-state index >= 15 is 0 Å². The lowest BCUT2D eigenvalue weighted by Gasteiger charge is -2.57. The molecule has 0 spiro atoms. The van der Waals surface area contributed by atoms with Crippen molar-refractivity contribution in [3.8, 4) is 0 Å². The van der Waals surface area contributed by atoms with Crippen molar-refractivity contribution >= 4 is 23.4 Å². The number of benzene rings is 1. The average molecular weight is 416 g/mol. The highest BCUT2D eigenvalue weighted by atomic mass is 35.5. The zero-order valence-electron chi connectivity index (χ0n) is 16.9. The molecule has 0 radical (unpaired) electrons. The second-order valence-electron chi connectivity index (χ2n) is 9.88. The molecule has 5 nitrogen and oxygen atoms in total. The van der Waals surface area contributed by atoms with E-state index in [1.54, 1.807) is 12.1 Å². The van der Waals surface area contributed by atoms with Crippen LogP contribution in [0, 0.1) is 23.2 Å². The second kappa shape index (κ2) is 7.28. The van der Waals surface area contributed by atoms with Gasteiger partial charge in [-0.2, -0.15) is 0 Å². The molecule has 4 aliphatic carbocycles. The standard InChI is InChI=1S/C23H30ClN3O2/c24-19-3-1-18(2-4-19)20(21(25)28)26-5-7-27(8-6-26)22(29)23-12-15-9-16(13-23)11-17(10-15)14-23/h1-4,15-17,20H,5-14H2,(H2,25,28). The normalized spacial score (nSPS) is 34.9. The third-order valence-electron chi connectivity index (χ3n) is 7.91. The summed E-state index contributed by atoms with van der Waals surface area (Å²) in [6, 6.07) is 6.85. The predicted molar refractivity (Wildman–Crippen MR) is 112 cm³/mol. The van der Waals surface area contributed by atoms with Crippen molar-refractivity contribution in [2.75, 3.05) is 26.2 Å². The fourth-order valence-electron chi connectivity index (χ4n) is 7.09. The fourth-order valence-corrected chi connectivity index (χ4v) is 7.22. The van der Waals surface area contributed by atoms with Crippen LogP contribution >= 0.6 is 11.6 Å². The van der Waals surface area contributed by atoms with Crippen LogP contribution in [-0.2, 0) is 9.59 Å². The molecule has 6 rings (SSSR count). The SMILES string of the molecule is NC(=O)C(c1ccc(Cl)cc1)N1CCN(C(=O)C23CC4CC(CC(C4)C2)C3)CC1. The lowest BCUT2D eigenvalue weighted by atomic mass is 9.49. The Morgan fingerprint density at radius 1 is 0.931 bits per heavy atom. The van der Waals surface area contributed by atoms with Crippen molar-refractivity contribution in [2.24, 2.45) is 28.9 Å². The molecule has 5 aliphatic rings. The summed E-state index contributed by atoms with van der Waals surface area (Å²) in [5.41, 5.74) is 6.52. The van der Waals surface area contributed by atoms with Gasteiger partial charge in [0, 0.05) is 31.2 Å². The topological polar surface area (TPSA) is 66.6 Å². The monoisotopic (exact) mass is 415 g/mol. The van der Waals surface area contributed by atoms with Crippen molar-refractivity contribution in [3.63, 3.8) is 0 Å². The highest BCUT2D eigenvalue weighted by molar-refractivity contribution is 6.30. The fraction of sp³-hybridized carbons (Fsp3) is 0.652. The van der Waals surface area contributed by atoms with E-state index in [9.17, 15) is 9.59 Å². The Morgan fingerprint density at radius 2 is 1.45 bits per heavy atom. The summed E-state index contributed by atoms with van der Waals surface area (Å²) in [6.07, 6.45) is 7.36. The first-order chi connectivity index (χ1) is 13.9. The number of amides is 2. The van der Waals surface area contributed by atoms with Gasteiger partial charge in [0.25, 0.3) is 0 Å². The van der Waals surface area contributed by atoms with E-state index < -0.39 is 6.04 Å². The highest BCUT2D eigenvalue weighted by Gasteiger charge is 2.55. The van der Waals surface area contributed by atoms with Gasteiger partial charge in [0.15, 0.2) is 0 Å². The van der Waals surface area contributed by atoms with Gasteiger partial charge in [-0.25, -0.2) is 0 Å². The molecule has 1 aliphatic heterocycles. The Morgan fingerprint density at radius 3 is 1.93 bits per heavy atom. The second-order valence-corrected chi connectivity index (χ2v) is 10.3. The molecule has 1 saturated heterocycles. The summed E-state index contributed by atoms with van der Waals surface area (Å²) in [7, 11) is 0. The first-order valence-corrected chi connectivity index (χ1v) is 11.4. The van der Waals surface area contributed by atoms with E-state index in [1.165, 1.54) is 19.3 Å². The summed E-state index contributed by atoms with van der Waals surface area (Å²) in [6.45, 7) is 2.71. The number of carbonyl (C=O) groups is 2.